The van der Waals surface area contributed by atoms with Crippen molar-refractivity contribution >= 4 is 16.5 Å². The number of rotatable bonds is 2. The Morgan fingerprint density at radius 3 is 2.46 bits per heavy atom. The summed E-state index contributed by atoms with van der Waals surface area (Å²) in [4.78, 5) is 11.0. The van der Waals surface area contributed by atoms with Gasteiger partial charge in [0.05, 0.1) is 0 Å². The van der Waals surface area contributed by atoms with Crippen molar-refractivity contribution in [3.63, 3.8) is 0 Å². The van der Waals surface area contributed by atoms with Crippen LogP contribution in [0.3, 0.4) is 0 Å². The van der Waals surface area contributed by atoms with Crippen molar-refractivity contribution in [2.24, 2.45) is 0 Å². The Labute approximate surface area is 79.9 Å². The summed E-state index contributed by atoms with van der Waals surface area (Å²) >= 11 is 0. The summed E-state index contributed by atoms with van der Waals surface area (Å²) in [7, 11) is 0.311. The van der Waals surface area contributed by atoms with Crippen LogP contribution >= 0.6 is 0 Å². The van der Waals surface area contributed by atoms with Crippen LogP contribution in [0.25, 0.3) is 0 Å². The standard InChI is InChI=1S/C9H12O3Si/c1-6-2-4-7(5-3-6)8(10)9(11)12-13/h2-5,8,10H,1,13H3. The van der Waals surface area contributed by atoms with Crippen LogP contribution in [0.15, 0.2) is 24.3 Å². The molecule has 0 aliphatic heterocycles. The van der Waals surface area contributed by atoms with Gasteiger partial charge in [-0.2, -0.15) is 0 Å². The lowest BCUT2D eigenvalue weighted by Crippen LogP contribution is -2.13. The first-order valence-corrected chi connectivity index (χ1v) is 4.79. The first-order valence-electron chi connectivity index (χ1n) is 3.97. The quantitative estimate of drug-likeness (QED) is 0.669. The van der Waals surface area contributed by atoms with E-state index >= 15 is 0 Å². The third-order valence-electron chi connectivity index (χ3n) is 1.82. The van der Waals surface area contributed by atoms with Gasteiger partial charge in [-0.15, -0.1) is 0 Å². The van der Waals surface area contributed by atoms with E-state index in [2.05, 4.69) is 4.43 Å². The van der Waals surface area contributed by atoms with Crippen molar-refractivity contribution in [2.45, 2.75) is 13.0 Å². The van der Waals surface area contributed by atoms with Crippen molar-refractivity contribution < 1.29 is 14.3 Å². The van der Waals surface area contributed by atoms with Gasteiger partial charge in [-0.3, -0.25) is 4.79 Å². The van der Waals surface area contributed by atoms with E-state index in [-0.39, 0.29) is 0 Å². The second-order valence-electron chi connectivity index (χ2n) is 2.84. The lowest BCUT2D eigenvalue weighted by Gasteiger charge is -2.08. The van der Waals surface area contributed by atoms with Gasteiger partial charge < -0.3 is 9.53 Å². The number of benzene rings is 1. The lowest BCUT2D eigenvalue weighted by molar-refractivity contribution is -0.143. The van der Waals surface area contributed by atoms with Crippen molar-refractivity contribution in [3.05, 3.63) is 35.4 Å². The van der Waals surface area contributed by atoms with E-state index in [0.29, 0.717) is 16.0 Å². The van der Waals surface area contributed by atoms with Gasteiger partial charge in [-0.25, -0.2) is 0 Å². The van der Waals surface area contributed by atoms with Gasteiger partial charge in [0.15, 0.2) is 6.10 Å². The molecule has 0 aliphatic rings. The zero-order valence-corrected chi connectivity index (χ0v) is 9.65. The van der Waals surface area contributed by atoms with Crippen LogP contribution in [0.4, 0.5) is 0 Å². The Kier molecular flexibility index (Phi) is 3.22. The fraction of sp³-hybridized carbons (Fsp3) is 0.222. The van der Waals surface area contributed by atoms with Crippen LogP contribution in [0, 0.1) is 6.92 Å². The van der Waals surface area contributed by atoms with E-state index in [1.807, 2.05) is 19.1 Å². The van der Waals surface area contributed by atoms with Gasteiger partial charge in [0.1, 0.15) is 0 Å². The first kappa shape index (κ1) is 9.95. The monoisotopic (exact) mass is 196 g/mol. The topological polar surface area (TPSA) is 46.5 Å². The number of hydrogen-bond acceptors (Lipinski definition) is 3. The second kappa shape index (κ2) is 4.20. The molecule has 0 amide bonds. The van der Waals surface area contributed by atoms with Crippen LogP contribution in [0.5, 0.6) is 0 Å². The fourth-order valence-electron chi connectivity index (χ4n) is 0.996. The minimum Gasteiger partial charge on any atom is -0.527 e. The van der Waals surface area contributed by atoms with Gasteiger partial charge in [0.2, 0.25) is 10.5 Å². The Bertz CT molecular complexity index is 294. The maximum Gasteiger partial charge on any atom is 0.325 e. The zero-order valence-electron chi connectivity index (χ0n) is 7.65. The maximum absolute atomic E-state index is 11.0. The third kappa shape index (κ3) is 2.40. The molecule has 0 radical (unpaired) electrons. The van der Waals surface area contributed by atoms with E-state index in [1.165, 1.54) is 0 Å². The van der Waals surface area contributed by atoms with Gasteiger partial charge >= 0.3 is 5.97 Å². The van der Waals surface area contributed by atoms with Gasteiger partial charge in [0.25, 0.3) is 0 Å². The molecule has 0 aromatic heterocycles. The maximum atomic E-state index is 11.0. The minimum absolute atomic E-state index is 0.311. The SMILES string of the molecule is Cc1ccc(C(O)C(=O)O[SiH3])cc1. The molecule has 13 heavy (non-hydrogen) atoms. The molecule has 3 nitrogen and oxygen atoms in total. The number of aliphatic hydroxyl groups excluding tert-OH is 1. The van der Waals surface area contributed by atoms with Crippen LogP contribution in [0.2, 0.25) is 0 Å². The number of carbonyl (C=O) groups is 1. The van der Waals surface area contributed by atoms with Crippen LogP contribution in [-0.2, 0) is 9.22 Å². The van der Waals surface area contributed by atoms with Crippen molar-refractivity contribution in [1.82, 2.24) is 0 Å². The van der Waals surface area contributed by atoms with E-state index < -0.39 is 12.1 Å². The molecule has 1 rings (SSSR count). The molecule has 0 spiro atoms. The molecule has 1 aromatic carbocycles. The number of aryl methyl sites for hydroxylation is 1. The Balaban J connectivity index is 2.83. The highest BCUT2D eigenvalue weighted by Gasteiger charge is 2.16. The number of hydrogen-bond donors (Lipinski definition) is 1. The average molecular weight is 196 g/mol. The summed E-state index contributed by atoms with van der Waals surface area (Å²) in [5.41, 5.74) is 1.67. The highest BCUT2D eigenvalue weighted by atomic mass is 28.2. The average Bonchev–Trinajstić information content (AvgIpc) is 2.17. The van der Waals surface area contributed by atoms with E-state index in [1.54, 1.807) is 12.1 Å². The van der Waals surface area contributed by atoms with Gasteiger partial charge in [0, 0.05) is 0 Å². The van der Waals surface area contributed by atoms with Gasteiger partial charge in [-0.1, -0.05) is 29.8 Å². The van der Waals surface area contributed by atoms with E-state index in [0.717, 1.165) is 5.56 Å². The minimum atomic E-state index is -1.14. The Morgan fingerprint density at radius 1 is 1.46 bits per heavy atom. The normalized spacial score (nSPS) is 12.5. The summed E-state index contributed by atoms with van der Waals surface area (Å²) in [5.74, 6) is -0.574. The van der Waals surface area contributed by atoms with Crippen LogP contribution in [-0.4, -0.2) is 21.6 Å². The predicted molar refractivity (Wildman–Crippen MR) is 52.2 cm³/mol. The molecule has 0 bridgehead atoms. The van der Waals surface area contributed by atoms with Crippen molar-refractivity contribution in [2.75, 3.05) is 0 Å². The molecule has 1 aromatic rings. The molecule has 1 unspecified atom stereocenters. The van der Waals surface area contributed by atoms with Crippen LogP contribution in [0.1, 0.15) is 17.2 Å². The van der Waals surface area contributed by atoms with E-state index in [4.69, 9.17) is 0 Å². The molecule has 4 heteroatoms. The van der Waals surface area contributed by atoms with Crippen LogP contribution < -0.4 is 0 Å². The van der Waals surface area contributed by atoms with E-state index in [9.17, 15) is 9.90 Å². The Hall–Kier alpha value is -1.13. The number of aliphatic hydroxyl groups is 1. The molecule has 1 atom stereocenters. The molecule has 0 aliphatic carbocycles. The van der Waals surface area contributed by atoms with Crippen molar-refractivity contribution in [3.8, 4) is 0 Å². The fourth-order valence-corrected chi connectivity index (χ4v) is 1.22. The summed E-state index contributed by atoms with van der Waals surface area (Å²) in [6.45, 7) is 1.95. The molecule has 0 fully saturated rings. The number of carbonyl (C=O) groups excluding carboxylic acids is 1. The predicted octanol–water partition coefficient (Wildman–Crippen LogP) is -0.148. The summed E-state index contributed by atoms with van der Waals surface area (Å²) in [6, 6.07) is 7.13. The summed E-state index contributed by atoms with van der Waals surface area (Å²) in [5, 5.41) is 9.43. The first-order chi connectivity index (χ1) is 6.15. The molecule has 0 heterocycles. The summed E-state index contributed by atoms with van der Waals surface area (Å²) < 4.78 is 4.55. The molecular formula is C9H12O3Si. The lowest BCUT2D eigenvalue weighted by atomic mass is 10.1. The highest BCUT2D eigenvalue weighted by molar-refractivity contribution is 6.06. The molecule has 70 valence electrons. The molecule has 1 N–H and O–H groups in total. The largest absolute Gasteiger partial charge is 0.527 e. The molecule has 0 saturated carbocycles. The zero-order chi connectivity index (χ0) is 9.84. The molecular weight excluding hydrogens is 184 g/mol. The third-order valence-corrected chi connectivity index (χ3v) is 2.22. The van der Waals surface area contributed by atoms with Crippen molar-refractivity contribution in [1.29, 1.82) is 0 Å². The highest BCUT2D eigenvalue weighted by Crippen LogP contribution is 2.14. The smallest absolute Gasteiger partial charge is 0.325 e. The van der Waals surface area contributed by atoms with Gasteiger partial charge in [-0.05, 0) is 12.5 Å². The summed E-state index contributed by atoms with van der Waals surface area (Å²) in [6.07, 6.45) is -1.14. The molecule has 0 saturated heterocycles. The Morgan fingerprint density at radius 2 is 2.00 bits per heavy atom. The second-order valence-corrected chi connectivity index (χ2v) is 3.24.